The number of piperidine rings is 1. The molecule has 1 aliphatic rings. The molecule has 3 rings (SSSR count). The van der Waals surface area contributed by atoms with Crippen molar-refractivity contribution in [3.63, 3.8) is 0 Å². The van der Waals surface area contributed by atoms with Gasteiger partial charge in [-0.05, 0) is 19.4 Å². The van der Waals surface area contributed by atoms with E-state index in [1.54, 1.807) is 18.5 Å². The third-order valence-electron chi connectivity index (χ3n) is 5.44. The van der Waals surface area contributed by atoms with Crippen molar-refractivity contribution in [1.82, 2.24) is 9.78 Å². The zero-order valence-corrected chi connectivity index (χ0v) is 16.9. The third kappa shape index (κ3) is 3.87. The van der Waals surface area contributed by atoms with Crippen LogP contribution in [-0.4, -0.2) is 53.8 Å². The number of anilines is 1. The Bertz CT molecular complexity index is 863. The molecule has 0 spiro atoms. The van der Waals surface area contributed by atoms with Gasteiger partial charge in [0.15, 0.2) is 11.6 Å². The van der Waals surface area contributed by atoms with Gasteiger partial charge in [-0.1, -0.05) is 30.3 Å². The fraction of sp³-hybridized carbons (Fsp3) is 0.429. The van der Waals surface area contributed by atoms with Crippen molar-refractivity contribution >= 4 is 23.5 Å². The van der Waals surface area contributed by atoms with Gasteiger partial charge in [0.25, 0.3) is 0 Å². The lowest BCUT2D eigenvalue weighted by atomic mass is 9.78. The molecule has 0 saturated carbocycles. The van der Waals surface area contributed by atoms with Crippen LogP contribution < -0.4 is 4.90 Å². The predicted octanol–water partition coefficient (Wildman–Crippen LogP) is 1.68. The van der Waals surface area contributed by atoms with Crippen LogP contribution in [0.3, 0.4) is 0 Å². The number of esters is 2. The molecule has 0 aliphatic carbocycles. The molecule has 0 bridgehead atoms. The zero-order chi connectivity index (χ0) is 21.1. The molecule has 29 heavy (non-hydrogen) atoms. The van der Waals surface area contributed by atoms with Crippen LogP contribution in [0.5, 0.6) is 0 Å². The zero-order valence-electron chi connectivity index (χ0n) is 16.9. The summed E-state index contributed by atoms with van der Waals surface area (Å²) in [4.78, 5) is 39.4. The minimum Gasteiger partial charge on any atom is -0.468 e. The first-order valence-corrected chi connectivity index (χ1v) is 9.44. The van der Waals surface area contributed by atoms with E-state index in [0.717, 1.165) is 5.56 Å². The molecule has 154 valence electrons. The second-order valence-corrected chi connectivity index (χ2v) is 7.15. The van der Waals surface area contributed by atoms with Gasteiger partial charge in [0, 0.05) is 24.3 Å². The highest BCUT2D eigenvalue weighted by molar-refractivity contribution is 6.10. The molecule has 8 nitrogen and oxygen atoms in total. The number of Topliss-reactive ketones (excluding diaryl/α,β-unsaturated/α-hetero) is 1. The molecule has 4 atom stereocenters. The smallest absolute Gasteiger partial charge is 0.318 e. The van der Waals surface area contributed by atoms with E-state index in [2.05, 4.69) is 5.10 Å². The van der Waals surface area contributed by atoms with E-state index in [0.29, 0.717) is 12.4 Å². The highest BCUT2D eigenvalue weighted by atomic mass is 16.5. The van der Waals surface area contributed by atoms with Gasteiger partial charge in [0.2, 0.25) is 0 Å². The van der Waals surface area contributed by atoms with Crippen LogP contribution in [0.2, 0.25) is 0 Å². The molecule has 2 heterocycles. The first kappa shape index (κ1) is 20.6. The lowest BCUT2D eigenvalue weighted by Crippen LogP contribution is -2.62. The lowest BCUT2D eigenvalue weighted by molar-refractivity contribution is -0.158. The molecule has 2 aromatic rings. The summed E-state index contributed by atoms with van der Waals surface area (Å²) in [6.45, 7) is 4.11. The Morgan fingerprint density at radius 2 is 1.52 bits per heavy atom. The quantitative estimate of drug-likeness (QED) is 0.558. The van der Waals surface area contributed by atoms with E-state index in [1.165, 1.54) is 14.2 Å². The molecule has 1 aliphatic heterocycles. The Morgan fingerprint density at radius 1 is 0.966 bits per heavy atom. The molecule has 1 saturated heterocycles. The SMILES string of the molecule is COC(=O)C1C(=O)C(C(=O)OC)C(C)N(c2ccn(Cc3ccccc3)n2)C1C. The van der Waals surface area contributed by atoms with E-state index in [-0.39, 0.29) is 0 Å². The van der Waals surface area contributed by atoms with E-state index in [1.807, 2.05) is 47.5 Å². The number of benzene rings is 1. The fourth-order valence-electron chi connectivity index (χ4n) is 4.01. The van der Waals surface area contributed by atoms with Crippen molar-refractivity contribution in [3.8, 4) is 0 Å². The Balaban J connectivity index is 1.94. The highest BCUT2D eigenvalue weighted by Gasteiger charge is 2.52. The average Bonchev–Trinajstić information content (AvgIpc) is 3.16. The van der Waals surface area contributed by atoms with Crippen LogP contribution >= 0.6 is 0 Å². The van der Waals surface area contributed by atoms with Gasteiger partial charge in [0.05, 0.1) is 20.8 Å². The minimum atomic E-state index is -1.10. The van der Waals surface area contributed by atoms with E-state index < -0.39 is 41.6 Å². The van der Waals surface area contributed by atoms with Crippen LogP contribution in [0.1, 0.15) is 19.4 Å². The molecular weight excluding hydrogens is 374 g/mol. The van der Waals surface area contributed by atoms with Gasteiger partial charge >= 0.3 is 11.9 Å². The molecule has 1 aromatic heterocycles. The molecule has 1 aromatic carbocycles. The summed E-state index contributed by atoms with van der Waals surface area (Å²) in [5, 5.41) is 4.62. The molecular formula is C21H25N3O5. The topological polar surface area (TPSA) is 90.7 Å². The number of hydrogen-bond donors (Lipinski definition) is 0. The first-order valence-electron chi connectivity index (χ1n) is 9.44. The summed E-state index contributed by atoms with van der Waals surface area (Å²) in [7, 11) is 2.46. The van der Waals surface area contributed by atoms with Gasteiger partial charge in [-0.3, -0.25) is 19.1 Å². The van der Waals surface area contributed by atoms with E-state index >= 15 is 0 Å². The number of nitrogens with zero attached hydrogens (tertiary/aromatic N) is 3. The van der Waals surface area contributed by atoms with Crippen molar-refractivity contribution in [2.45, 2.75) is 32.5 Å². The maximum Gasteiger partial charge on any atom is 0.318 e. The minimum absolute atomic E-state index is 0.483. The number of ketones is 1. The number of rotatable bonds is 5. The van der Waals surface area contributed by atoms with Crippen LogP contribution in [0.25, 0.3) is 0 Å². The second kappa shape index (κ2) is 8.46. The third-order valence-corrected chi connectivity index (χ3v) is 5.44. The van der Waals surface area contributed by atoms with Gasteiger partial charge in [-0.15, -0.1) is 0 Å². The number of hydrogen-bond acceptors (Lipinski definition) is 7. The molecule has 0 radical (unpaired) electrons. The van der Waals surface area contributed by atoms with Crippen LogP contribution in [-0.2, 0) is 30.4 Å². The molecule has 0 N–H and O–H groups in total. The van der Waals surface area contributed by atoms with Gasteiger partial charge < -0.3 is 14.4 Å². The number of methoxy groups -OCH3 is 2. The van der Waals surface area contributed by atoms with Crippen LogP contribution in [0.15, 0.2) is 42.6 Å². The van der Waals surface area contributed by atoms with Gasteiger partial charge in [0.1, 0.15) is 11.8 Å². The molecule has 1 fully saturated rings. The largest absolute Gasteiger partial charge is 0.468 e. The summed E-state index contributed by atoms with van der Waals surface area (Å²) < 4.78 is 11.4. The Morgan fingerprint density at radius 3 is 2.03 bits per heavy atom. The fourth-order valence-corrected chi connectivity index (χ4v) is 4.01. The lowest BCUT2D eigenvalue weighted by Gasteiger charge is -2.44. The Hall–Kier alpha value is -3.16. The Kier molecular flexibility index (Phi) is 6.00. The van der Waals surface area contributed by atoms with Crippen molar-refractivity contribution in [1.29, 1.82) is 0 Å². The first-order chi connectivity index (χ1) is 13.9. The maximum absolute atomic E-state index is 12.9. The summed E-state index contributed by atoms with van der Waals surface area (Å²) in [5.41, 5.74) is 1.09. The van der Waals surface area contributed by atoms with Gasteiger partial charge in [-0.2, -0.15) is 5.10 Å². The predicted molar refractivity (Wildman–Crippen MR) is 105 cm³/mol. The maximum atomic E-state index is 12.9. The van der Waals surface area contributed by atoms with E-state index in [4.69, 9.17) is 9.47 Å². The number of carbonyl (C=O) groups excluding carboxylic acids is 3. The highest BCUT2D eigenvalue weighted by Crippen LogP contribution is 2.34. The monoisotopic (exact) mass is 399 g/mol. The summed E-state index contributed by atoms with van der Waals surface area (Å²) in [5.74, 6) is -3.44. The number of ether oxygens (including phenoxy) is 2. The van der Waals surface area contributed by atoms with Crippen LogP contribution in [0, 0.1) is 11.8 Å². The summed E-state index contributed by atoms with van der Waals surface area (Å²) >= 11 is 0. The van der Waals surface area contributed by atoms with Crippen molar-refractivity contribution in [3.05, 3.63) is 48.2 Å². The number of aromatic nitrogens is 2. The molecule has 0 amide bonds. The van der Waals surface area contributed by atoms with Crippen LogP contribution in [0.4, 0.5) is 5.82 Å². The normalized spacial score (nSPS) is 24.3. The molecule has 8 heteroatoms. The summed E-state index contributed by atoms with van der Waals surface area (Å²) in [6.07, 6.45) is 1.83. The van der Waals surface area contributed by atoms with E-state index in [9.17, 15) is 14.4 Å². The standard InChI is InChI=1S/C21H25N3O5/c1-13-17(20(26)28-3)19(25)18(21(27)29-4)14(2)24(13)16-10-11-23(22-16)12-15-8-6-5-7-9-15/h5-11,13-14,17-18H,12H2,1-4H3. The Labute approximate surface area is 169 Å². The van der Waals surface area contributed by atoms with Crippen molar-refractivity contribution < 1.29 is 23.9 Å². The van der Waals surface area contributed by atoms with Crippen molar-refractivity contribution in [2.75, 3.05) is 19.1 Å². The molecule has 4 unspecified atom stereocenters. The number of carbonyl (C=O) groups is 3. The summed E-state index contributed by atoms with van der Waals surface area (Å²) in [6, 6.07) is 10.7. The van der Waals surface area contributed by atoms with Gasteiger partial charge in [-0.25, -0.2) is 0 Å². The van der Waals surface area contributed by atoms with Crippen molar-refractivity contribution in [2.24, 2.45) is 11.8 Å². The second-order valence-electron chi connectivity index (χ2n) is 7.15. The average molecular weight is 399 g/mol.